The van der Waals surface area contributed by atoms with Crippen molar-refractivity contribution in [2.75, 3.05) is 13.2 Å². The van der Waals surface area contributed by atoms with Crippen molar-refractivity contribution in [1.29, 1.82) is 0 Å². The number of ketones is 1. The molecule has 2 heterocycles. The Morgan fingerprint density at radius 3 is 2.56 bits per heavy atom. The molecule has 194 valence electrons. The third-order valence-electron chi connectivity index (χ3n) is 6.51. The summed E-state index contributed by atoms with van der Waals surface area (Å²) < 4.78 is 76.8. The predicted molar refractivity (Wildman–Crippen MR) is 122 cm³/mol. The van der Waals surface area contributed by atoms with E-state index >= 15 is 0 Å². The van der Waals surface area contributed by atoms with Crippen LogP contribution in [0.25, 0.3) is 11.1 Å². The van der Waals surface area contributed by atoms with Gasteiger partial charge in [0.1, 0.15) is 36.8 Å². The van der Waals surface area contributed by atoms with Crippen LogP contribution in [0, 0.1) is 11.7 Å². The van der Waals surface area contributed by atoms with Crippen LogP contribution in [0.2, 0.25) is 0 Å². The average Bonchev–Trinajstić information content (AvgIpc) is 3.36. The minimum atomic E-state index is -4.80. The highest BCUT2D eigenvalue weighted by Gasteiger charge is 2.54. The van der Waals surface area contributed by atoms with Crippen LogP contribution in [0.4, 0.5) is 22.0 Å². The van der Waals surface area contributed by atoms with Crippen LogP contribution in [0.15, 0.2) is 48.5 Å². The molecule has 0 aromatic heterocycles. The van der Waals surface area contributed by atoms with E-state index in [1.807, 2.05) is 0 Å². The van der Waals surface area contributed by atoms with Gasteiger partial charge in [-0.2, -0.15) is 13.2 Å². The molecule has 2 saturated heterocycles. The molecule has 0 radical (unpaired) electrons. The lowest BCUT2D eigenvalue weighted by atomic mass is 9.96. The lowest BCUT2D eigenvalue weighted by Gasteiger charge is -2.32. The number of nitrogens with one attached hydrogen (secondary N) is 1. The van der Waals surface area contributed by atoms with E-state index in [1.165, 1.54) is 42.5 Å². The summed E-state index contributed by atoms with van der Waals surface area (Å²) in [6, 6.07) is 6.39. The quantitative estimate of drug-likeness (QED) is 0.553. The normalized spacial score (nSPS) is 23.7. The van der Waals surface area contributed by atoms with Gasteiger partial charge < -0.3 is 9.64 Å². The standard InChI is InChI=1S/C26H27F5N2O3/c1-14(2)10-20(25(35)33-12-19(28)23-22(33)21(34)13-36-23)32-24(26(29,30)31)16-7-5-6-15(11-16)17-8-3-4-9-18(17)27/h3-9,11,14,19-20,22-24,32H,10,12-13H2,1-2H3/t19-,20-,22+,23+,24?/m0/s1. The van der Waals surface area contributed by atoms with Crippen molar-refractivity contribution in [2.45, 2.75) is 56.8 Å². The molecule has 1 amide bonds. The first kappa shape index (κ1) is 26.2. The molecule has 0 aliphatic carbocycles. The molecule has 2 aliphatic heterocycles. The molecule has 36 heavy (non-hydrogen) atoms. The van der Waals surface area contributed by atoms with Gasteiger partial charge in [0.2, 0.25) is 5.91 Å². The minimum Gasteiger partial charge on any atom is -0.365 e. The van der Waals surface area contributed by atoms with Crippen LogP contribution in [0.3, 0.4) is 0 Å². The second kappa shape index (κ2) is 10.3. The Morgan fingerprint density at radius 1 is 1.17 bits per heavy atom. The van der Waals surface area contributed by atoms with E-state index in [0.717, 1.165) is 4.90 Å². The van der Waals surface area contributed by atoms with Gasteiger partial charge in [-0.3, -0.25) is 14.9 Å². The van der Waals surface area contributed by atoms with Gasteiger partial charge in [0.25, 0.3) is 0 Å². The highest BCUT2D eigenvalue weighted by molar-refractivity contribution is 5.94. The van der Waals surface area contributed by atoms with Gasteiger partial charge in [-0.25, -0.2) is 8.78 Å². The molecule has 0 spiro atoms. The summed E-state index contributed by atoms with van der Waals surface area (Å²) in [4.78, 5) is 26.7. The number of ether oxygens (including phenoxy) is 1. The Bertz CT molecular complexity index is 1120. The molecule has 5 nitrogen and oxygen atoms in total. The van der Waals surface area contributed by atoms with E-state index in [4.69, 9.17) is 4.74 Å². The average molecular weight is 511 g/mol. The van der Waals surface area contributed by atoms with Crippen molar-refractivity contribution in [2.24, 2.45) is 5.92 Å². The van der Waals surface area contributed by atoms with E-state index in [9.17, 15) is 31.5 Å². The van der Waals surface area contributed by atoms with E-state index < -0.39 is 60.6 Å². The Labute approximate surface area is 205 Å². The van der Waals surface area contributed by atoms with Gasteiger partial charge in [-0.15, -0.1) is 0 Å². The van der Waals surface area contributed by atoms with E-state index in [2.05, 4.69) is 5.32 Å². The summed E-state index contributed by atoms with van der Waals surface area (Å²) in [6.45, 7) is 2.74. The number of amides is 1. The number of Topliss-reactive ketones (excluding diaryl/α,β-unsaturated/α-hetero) is 1. The number of likely N-dealkylation sites (tertiary alicyclic amines) is 1. The molecule has 2 aliphatic rings. The number of benzene rings is 2. The van der Waals surface area contributed by atoms with Gasteiger partial charge in [-0.05, 0) is 35.6 Å². The number of nitrogens with zero attached hydrogens (tertiary/aromatic N) is 1. The van der Waals surface area contributed by atoms with Crippen LogP contribution < -0.4 is 5.32 Å². The van der Waals surface area contributed by atoms with Crippen LogP contribution in [0.5, 0.6) is 0 Å². The van der Waals surface area contributed by atoms with Crippen LogP contribution >= 0.6 is 0 Å². The molecule has 2 fully saturated rings. The third-order valence-corrected chi connectivity index (χ3v) is 6.51. The molecule has 0 bridgehead atoms. The topological polar surface area (TPSA) is 58.6 Å². The monoisotopic (exact) mass is 510 g/mol. The van der Waals surface area contributed by atoms with Crippen LogP contribution in [-0.2, 0) is 14.3 Å². The third kappa shape index (κ3) is 5.29. The zero-order valence-electron chi connectivity index (χ0n) is 19.8. The van der Waals surface area contributed by atoms with Crippen molar-refractivity contribution in [3.8, 4) is 11.1 Å². The van der Waals surface area contributed by atoms with Crippen molar-refractivity contribution < 1.29 is 36.3 Å². The molecule has 10 heteroatoms. The second-order valence-corrected chi connectivity index (χ2v) is 9.62. The SMILES string of the molecule is CC(C)C[C@H](NC(c1cccc(-c2ccccc2F)c1)C(F)(F)F)C(=O)N1C[C@H](F)[C@H]2OCC(=O)[C@H]21. The molecule has 0 saturated carbocycles. The summed E-state index contributed by atoms with van der Waals surface area (Å²) in [5, 5.41) is 2.44. The highest BCUT2D eigenvalue weighted by Crippen LogP contribution is 2.37. The second-order valence-electron chi connectivity index (χ2n) is 9.62. The van der Waals surface area contributed by atoms with Gasteiger partial charge in [-0.1, -0.05) is 50.2 Å². The van der Waals surface area contributed by atoms with E-state index in [0.29, 0.717) is 0 Å². The molecule has 5 atom stereocenters. The number of alkyl halides is 4. The first-order chi connectivity index (χ1) is 17.0. The van der Waals surface area contributed by atoms with Crippen molar-refractivity contribution in [3.05, 3.63) is 59.9 Å². The Hall–Kier alpha value is -2.85. The maximum atomic E-state index is 14.4. The Morgan fingerprint density at radius 2 is 1.89 bits per heavy atom. The molecule has 2 aromatic rings. The zero-order chi connectivity index (χ0) is 26.2. The van der Waals surface area contributed by atoms with Crippen LogP contribution in [0.1, 0.15) is 31.9 Å². The first-order valence-electron chi connectivity index (χ1n) is 11.7. The maximum Gasteiger partial charge on any atom is 0.407 e. The smallest absolute Gasteiger partial charge is 0.365 e. The summed E-state index contributed by atoms with van der Waals surface area (Å²) in [6.07, 6.45) is -7.47. The van der Waals surface area contributed by atoms with E-state index in [-0.39, 0.29) is 35.6 Å². The number of carbonyl (C=O) groups is 2. The number of rotatable bonds is 7. The summed E-state index contributed by atoms with van der Waals surface area (Å²) in [7, 11) is 0. The molecule has 4 rings (SSSR count). The van der Waals surface area contributed by atoms with Gasteiger partial charge in [0.15, 0.2) is 5.78 Å². The first-order valence-corrected chi connectivity index (χ1v) is 11.7. The fraction of sp³-hybridized carbons (Fsp3) is 0.462. The molecule has 1 N–H and O–H groups in total. The van der Waals surface area contributed by atoms with Crippen molar-refractivity contribution in [1.82, 2.24) is 10.2 Å². The molecule has 2 aromatic carbocycles. The largest absolute Gasteiger partial charge is 0.407 e. The fourth-order valence-electron chi connectivity index (χ4n) is 4.90. The summed E-state index contributed by atoms with van der Waals surface area (Å²) >= 11 is 0. The lowest BCUT2D eigenvalue weighted by molar-refractivity contribution is -0.163. The zero-order valence-corrected chi connectivity index (χ0v) is 19.8. The highest BCUT2D eigenvalue weighted by atomic mass is 19.4. The predicted octanol–water partition coefficient (Wildman–Crippen LogP) is 4.62. The van der Waals surface area contributed by atoms with Crippen molar-refractivity contribution in [3.63, 3.8) is 0 Å². The van der Waals surface area contributed by atoms with Crippen molar-refractivity contribution >= 4 is 11.7 Å². The summed E-state index contributed by atoms with van der Waals surface area (Å²) in [5.74, 6) is -2.01. The fourth-order valence-corrected chi connectivity index (χ4v) is 4.90. The number of halogens is 5. The number of hydrogen-bond acceptors (Lipinski definition) is 4. The van der Waals surface area contributed by atoms with E-state index in [1.54, 1.807) is 19.9 Å². The number of hydrogen-bond donors (Lipinski definition) is 1. The lowest BCUT2D eigenvalue weighted by Crippen LogP contribution is -2.53. The molecular weight excluding hydrogens is 483 g/mol. The van der Waals surface area contributed by atoms with Gasteiger partial charge in [0.05, 0.1) is 12.6 Å². The number of fused-ring (bicyclic) bond motifs is 1. The Balaban J connectivity index is 1.66. The number of carbonyl (C=O) groups excluding carboxylic acids is 2. The molecule has 1 unspecified atom stereocenters. The maximum absolute atomic E-state index is 14.4. The van der Waals surface area contributed by atoms with Gasteiger partial charge in [0, 0.05) is 5.56 Å². The molecular formula is C26H27F5N2O3. The van der Waals surface area contributed by atoms with Crippen LogP contribution in [-0.4, -0.2) is 60.3 Å². The Kier molecular flexibility index (Phi) is 7.47. The summed E-state index contributed by atoms with van der Waals surface area (Å²) in [5.41, 5.74) is 0.199. The van der Waals surface area contributed by atoms with Gasteiger partial charge >= 0.3 is 6.18 Å². The minimum absolute atomic E-state index is 0.0261.